The largest absolute Gasteiger partial charge is 0.343 e. The van der Waals surface area contributed by atoms with Crippen molar-refractivity contribution in [1.29, 1.82) is 0 Å². The number of hydrogen-bond acceptors (Lipinski definition) is 5. The lowest BCUT2D eigenvalue weighted by Gasteiger charge is -2.13. The number of thioether (sulfide) groups is 1. The summed E-state index contributed by atoms with van der Waals surface area (Å²) < 4.78 is 15.9. The van der Waals surface area contributed by atoms with E-state index in [9.17, 15) is 9.18 Å². The fourth-order valence-electron chi connectivity index (χ4n) is 2.61. The molecule has 8 heteroatoms. The number of rotatable bonds is 8. The first-order valence-corrected chi connectivity index (χ1v) is 10.0. The topological polar surface area (TPSA) is 72.7 Å². The van der Waals surface area contributed by atoms with E-state index in [0.717, 1.165) is 0 Å². The molecule has 0 aliphatic rings. The van der Waals surface area contributed by atoms with Crippen molar-refractivity contribution in [3.63, 3.8) is 0 Å². The highest BCUT2D eigenvalue weighted by molar-refractivity contribution is 7.98. The highest BCUT2D eigenvalue weighted by atomic mass is 32.2. The van der Waals surface area contributed by atoms with E-state index in [2.05, 4.69) is 34.3 Å². The average Bonchev–Trinajstić information content (AvgIpc) is 3.07. The molecule has 0 aliphatic carbocycles. The summed E-state index contributed by atoms with van der Waals surface area (Å²) in [6.45, 7) is 5.15. The van der Waals surface area contributed by atoms with E-state index in [-0.39, 0.29) is 18.3 Å². The summed E-state index contributed by atoms with van der Waals surface area (Å²) in [5.74, 6) is 1.000. The minimum atomic E-state index is -0.264. The molecular weight excluding hydrogens is 377 g/mol. The molecule has 28 heavy (non-hydrogen) atoms. The molecule has 3 aromatic rings. The van der Waals surface area contributed by atoms with Crippen LogP contribution >= 0.6 is 11.8 Å². The third kappa shape index (κ3) is 5.16. The van der Waals surface area contributed by atoms with Crippen LogP contribution in [0.5, 0.6) is 0 Å². The van der Waals surface area contributed by atoms with Gasteiger partial charge in [-0.25, -0.2) is 4.39 Å². The smallest absolute Gasteiger partial charge is 0.270 e. The fourth-order valence-corrected chi connectivity index (χ4v) is 3.56. The van der Waals surface area contributed by atoms with Gasteiger partial charge < -0.3 is 9.88 Å². The fraction of sp³-hybridized carbons (Fsp3) is 0.300. The Labute approximate surface area is 167 Å². The lowest BCUT2D eigenvalue weighted by Crippen LogP contribution is -2.26. The molecule has 3 rings (SSSR count). The van der Waals surface area contributed by atoms with Crippen LogP contribution in [-0.4, -0.2) is 25.7 Å². The Morgan fingerprint density at radius 3 is 2.68 bits per heavy atom. The second-order valence-electron chi connectivity index (χ2n) is 6.68. The number of halogens is 1. The van der Waals surface area contributed by atoms with Gasteiger partial charge in [0.15, 0.2) is 11.0 Å². The molecule has 6 nitrogen and oxygen atoms in total. The minimum absolute atomic E-state index is 0.229. The maximum Gasteiger partial charge on any atom is 0.270 e. The molecule has 0 spiro atoms. The van der Waals surface area contributed by atoms with Crippen LogP contribution in [0.4, 0.5) is 4.39 Å². The second kappa shape index (κ2) is 9.45. The Morgan fingerprint density at radius 2 is 1.96 bits per heavy atom. The van der Waals surface area contributed by atoms with Gasteiger partial charge in [-0.2, -0.15) is 0 Å². The minimum Gasteiger partial charge on any atom is -0.343 e. The number of carbonyl (C=O) groups is 1. The van der Waals surface area contributed by atoms with Gasteiger partial charge in [-0.05, 0) is 29.7 Å². The average molecular weight is 399 g/mol. The molecule has 0 fully saturated rings. The Morgan fingerprint density at radius 1 is 1.18 bits per heavy atom. The summed E-state index contributed by atoms with van der Waals surface area (Å²) in [5.41, 5.74) is 0.975. The highest BCUT2D eigenvalue weighted by Gasteiger charge is 2.16. The third-order valence-electron chi connectivity index (χ3n) is 3.96. The van der Waals surface area contributed by atoms with Crippen molar-refractivity contribution in [2.75, 3.05) is 0 Å². The number of benzene rings is 1. The first-order valence-electron chi connectivity index (χ1n) is 9.02. The van der Waals surface area contributed by atoms with Crippen LogP contribution in [0.2, 0.25) is 0 Å². The van der Waals surface area contributed by atoms with E-state index >= 15 is 0 Å². The van der Waals surface area contributed by atoms with Crippen molar-refractivity contribution in [3.05, 3.63) is 71.6 Å². The van der Waals surface area contributed by atoms with Crippen LogP contribution in [0.1, 0.15) is 35.7 Å². The van der Waals surface area contributed by atoms with E-state index in [0.29, 0.717) is 40.5 Å². The van der Waals surface area contributed by atoms with Crippen LogP contribution in [0.25, 0.3) is 0 Å². The van der Waals surface area contributed by atoms with Gasteiger partial charge in [0.25, 0.3) is 5.91 Å². The van der Waals surface area contributed by atoms with Gasteiger partial charge in [0.2, 0.25) is 0 Å². The molecule has 2 heterocycles. The highest BCUT2D eigenvalue weighted by Crippen LogP contribution is 2.24. The van der Waals surface area contributed by atoms with Crippen LogP contribution in [0.15, 0.2) is 53.8 Å². The number of pyridine rings is 1. The molecule has 0 aliphatic heterocycles. The van der Waals surface area contributed by atoms with E-state index < -0.39 is 0 Å². The van der Waals surface area contributed by atoms with Crippen molar-refractivity contribution in [1.82, 2.24) is 25.1 Å². The van der Waals surface area contributed by atoms with E-state index in [1.54, 1.807) is 36.5 Å². The van der Waals surface area contributed by atoms with Crippen LogP contribution in [0, 0.1) is 11.7 Å². The third-order valence-corrected chi connectivity index (χ3v) is 4.98. The predicted molar refractivity (Wildman–Crippen MR) is 106 cm³/mol. The van der Waals surface area contributed by atoms with Gasteiger partial charge in [0, 0.05) is 18.5 Å². The summed E-state index contributed by atoms with van der Waals surface area (Å²) in [6, 6.07) is 11.9. The Kier molecular flexibility index (Phi) is 6.76. The molecule has 1 N–H and O–H groups in total. The van der Waals surface area contributed by atoms with Crippen molar-refractivity contribution < 1.29 is 9.18 Å². The van der Waals surface area contributed by atoms with Crippen LogP contribution in [-0.2, 0) is 18.8 Å². The number of hydrogen-bond donors (Lipinski definition) is 1. The number of nitrogens with one attached hydrogen (secondary N) is 1. The Balaban J connectivity index is 1.71. The first kappa shape index (κ1) is 20.0. The molecule has 0 saturated heterocycles. The zero-order valence-electron chi connectivity index (χ0n) is 15.8. The second-order valence-corrected chi connectivity index (χ2v) is 7.62. The molecule has 0 unspecified atom stereocenters. The summed E-state index contributed by atoms with van der Waals surface area (Å²) in [6.07, 6.45) is 1.58. The molecule has 146 valence electrons. The summed E-state index contributed by atoms with van der Waals surface area (Å²) in [7, 11) is 0. The number of amides is 1. The van der Waals surface area contributed by atoms with Gasteiger partial charge in [0.1, 0.15) is 11.5 Å². The number of carbonyl (C=O) groups excluding carboxylic acids is 1. The summed E-state index contributed by atoms with van der Waals surface area (Å²) in [4.78, 5) is 16.3. The molecule has 1 amide bonds. The monoisotopic (exact) mass is 399 g/mol. The maximum atomic E-state index is 13.9. The molecule has 1 aromatic carbocycles. The molecule has 0 atom stereocenters. The maximum absolute atomic E-state index is 13.9. The quantitative estimate of drug-likeness (QED) is 0.585. The molecule has 0 saturated carbocycles. The van der Waals surface area contributed by atoms with Gasteiger partial charge >= 0.3 is 0 Å². The molecule has 0 radical (unpaired) electrons. The van der Waals surface area contributed by atoms with Crippen molar-refractivity contribution in [3.8, 4) is 0 Å². The van der Waals surface area contributed by atoms with Gasteiger partial charge in [0.05, 0.1) is 6.54 Å². The van der Waals surface area contributed by atoms with Crippen LogP contribution < -0.4 is 5.32 Å². The van der Waals surface area contributed by atoms with Crippen LogP contribution in [0.3, 0.4) is 0 Å². The SMILES string of the molecule is CC(C)Cn1c(CNC(=O)c2ccccn2)nnc1SCc1ccccc1F. The normalized spacial score (nSPS) is 11.0. The van der Waals surface area contributed by atoms with Gasteiger partial charge in [-0.1, -0.05) is 49.9 Å². The zero-order valence-corrected chi connectivity index (χ0v) is 16.6. The lowest BCUT2D eigenvalue weighted by atomic mass is 10.2. The Bertz CT molecular complexity index is 929. The molecule has 2 aromatic heterocycles. The summed E-state index contributed by atoms with van der Waals surface area (Å²) >= 11 is 1.43. The Hall–Kier alpha value is -2.74. The van der Waals surface area contributed by atoms with Crippen molar-refractivity contribution in [2.45, 2.75) is 37.8 Å². The van der Waals surface area contributed by atoms with Crippen molar-refractivity contribution >= 4 is 17.7 Å². The van der Waals surface area contributed by atoms with E-state index in [4.69, 9.17) is 0 Å². The van der Waals surface area contributed by atoms with E-state index in [1.807, 2.05) is 10.6 Å². The van der Waals surface area contributed by atoms with E-state index in [1.165, 1.54) is 17.8 Å². The molecular formula is C20H22FN5OS. The van der Waals surface area contributed by atoms with Gasteiger partial charge in [-0.3, -0.25) is 9.78 Å². The lowest BCUT2D eigenvalue weighted by molar-refractivity contribution is 0.0944. The van der Waals surface area contributed by atoms with Crippen molar-refractivity contribution in [2.24, 2.45) is 5.92 Å². The zero-order chi connectivity index (χ0) is 19.9. The predicted octanol–water partition coefficient (Wildman–Crippen LogP) is 3.69. The first-order chi connectivity index (χ1) is 13.5. The van der Waals surface area contributed by atoms with Gasteiger partial charge in [-0.15, -0.1) is 10.2 Å². The summed E-state index contributed by atoms with van der Waals surface area (Å²) in [5, 5.41) is 12.0. The number of nitrogens with zero attached hydrogens (tertiary/aromatic N) is 4. The number of aromatic nitrogens is 4. The molecule has 0 bridgehead atoms. The standard InChI is InChI=1S/C20H22FN5OS/c1-14(2)12-26-18(11-23-19(27)17-9-5-6-10-22-17)24-25-20(26)28-13-15-7-3-4-8-16(15)21/h3-10,14H,11-13H2,1-2H3,(H,23,27).